The summed E-state index contributed by atoms with van der Waals surface area (Å²) in [5.41, 5.74) is 6.60. The van der Waals surface area contributed by atoms with E-state index in [1.807, 2.05) is 0 Å². The number of hydrogen-bond acceptors (Lipinski definition) is 3. The fourth-order valence-electron chi connectivity index (χ4n) is 1.22. The Bertz CT molecular complexity index is 401. The van der Waals surface area contributed by atoms with Gasteiger partial charge in [0.1, 0.15) is 0 Å². The molecule has 0 spiro atoms. The van der Waals surface area contributed by atoms with Crippen molar-refractivity contribution in [3.8, 4) is 0 Å². The van der Waals surface area contributed by atoms with Crippen LogP contribution in [0.1, 0.15) is 17.3 Å². The molecule has 0 aromatic heterocycles. The van der Waals surface area contributed by atoms with E-state index in [0.717, 1.165) is 0 Å². The summed E-state index contributed by atoms with van der Waals surface area (Å²) >= 11 is 0. The number of carbonyl (C=O) groups is 2. The molecule has 92 valence electrons. The van der Waals surface area contributed by atoms with Crippen LogP contribution in [0.15, 0.2) is 24.3 Å². The number of hydrogen-bond donors (Lipinski definition) is 3. The summed E-state index contributed by atoms with van der Waals surface area (Å²) < 4.78 is 0. The number of benzene rings is 1. The largest absolute Gasteiger partial charge is 0.355 e. The first-order valence-corrected chi connectivity index (χ1v) is 5.41. The molecule has 1 aromatic rings. The normalized spacial score (nSPS) is 11.7. The molecule has 4 N–H and O–H groups in total. The minimum atomic E-state index is -0.228. The summed E-state index contributed by atoms with van der Waals surface area (Å²) in [5, 5.41) is 5.25. The van der Waals surface area contributed by atoms with E-state index < -0.39 is 0 Å². The van der Waals surface area contributed by atoms with Crippen LogP contribution >= 0.6 is 0 Å². The average molecular weight is 235 g/mol. The zero-order valence-corrected chi connectivity index (χ0v) is 9.99. The number of anilines is 1. The highest BCUT2D eigenvalue weighted by atomic mass is 16.2. The van der Waals surface area contributed by atoms with Gasteiger partial charge < -0.3 is 16.4 Å². The molecule has 17 heavy (non-hydrogen) atoms. The van der Waals surface area contributed by atoms with Crippen molar-refractivity contribution in [3.05, 3.63) is 29.8 Å². The molecule has 0 fully saturated rings. The predicted molar refractivity (Wildman–Crippen MR) is 66.7 cm³/mol. The lowest BCUT2D eigenvalue weighted by atomic mass is 10.1. The van der Waals surface area contributed by atoms with Crippen molar-refractivity contribution in [2.24, 2.45) is 11.7 Å². The lowest BCUT2D eigenvalue weighted by Gasteiger charge is -2.10. The fourth-order valence-corrected chi connectivity index (χ4v) is 1.22. The van der Waals surface area contributed by atoms with Gasteiger partial charge in [0.25, 0.3) is 5.91 Å². The van der Waals surface area contributed by atoms with Crippen LogP contribution in [0.3, 0.4) is 0 Å². The highest BCUT2D eigenvalue weighted by Gasteiger charge is 2.11. The minimum absolute atomic E-state index is 0.125. The Kier molecular flexibility index (Phi) is 4.66. The number of rotatable bonds is 4. The Morgan fingerprint density at radius 2 is 1.88 bits per heavy atom. The molecule has 0 heterocycles. The molecule has 1 unspecified atom stereocenters. The Morgan fingerprint density at radius 1 is 1.29 bits per heavy atom. The van der Waals surface area contributed by atoms with Crippen molar-refractivity contribution in [1.82, 2.24) is 5.32 Å². The third-order valence-electron chi connectivity index (χ3n) is 2.44. The Labute approximate surface area is 100 Å². The average Bonchev–Trinajstić information content (AvgIpc) is 2.37. The van der Waals surface area contributed by atoms with Crippen LogP contribution in [0.2, 0.25) is 0 Å². The van der Waals surface area contributed by atoms with Crippen LogP contribution in [0, 0.1) is 5.92 Å². The minimum Gasteiger partial charge on any atom is -0.355 e. The van der Waals surface area contributed by atoms with Crippen LogP contribution in [0.4, 0.5) is 5.69 Å². The number of amides is 2. The van der Waals surface area contributed by atoms with Gasteiger partial charge in [0.2, 0.25) is 5.91 Å². The number of nitrogens with two attached hydrogens (primary N) is 1. The van der Waals surface area contributed by atoms with Crippen molar-refractivity contribution < 1.29 is 9.59 Å². The van der Waals surface area contributed by atoms with Crippen LogP contribution in [0.25, 0.3) is 0 Å². The first kappa shape index (κ1) is 13.2. The SMILES string of the molecule is CNC(=O)c1ccc(NC(=O)C(C)CN)cc1. The van der Waals surface area contributed by atoms with Crippen molar-refractivity contribution >= 4 is 17.5 Å². The molecule has 0 aliphatic carbocycles. The summed E-state index contributed by atoms with van der Waals surface area (Å²) in [7, 11) is 1.57. The summed E-state index contributed by atoms with van der Waals surface area (Å²) in [4.78, 5) is 22.8. The molecule has 1 atom stereocenters. The van der Waals surface area contributed by atoms with Crippen molar-refractivity contribution in [2.45, 2.75) is 6.92 Å². The maximum absolute atomic E-state index is 11.5. The third-order valence-corrected chi connectivity index (χ3v) is 2.44. The van der Waals surface area contributed by atoms with Gasteiger partial charge in [0.05, 0.1) is 0 Å². The third kappa shape index (κ3) is 3.57. The monoisotopic (exact) mass is 235 g/mol. The molecular weight excluding hydrogens is 218 g/mol. The number of carbonyl (C=O) groups excluding carboxylic acids is 2. The first-order chi connectivity index (χ1) is 8.08. The molecule has 1 rings (SSSR count). The molecule has 0 saturated heterocycles. The number of nitrogens with one attached hydrogen (secondary N) is 2. The van der Waals surface area contributed by atoms with Gasteiger partial charge in [-0.15, -0.1) is 0 Å². The molecule has 2 amide bonds. The first-order valence-electron chi connectivity index (χ1n) is 5.41. The van der Waals surface area contributed by atoms with Crippen LogP contribution in [0.5, 0.6) is 0 Å². The molecule has 0 radical (unpaired) electrons. The van der Waals surface area contributed by atoms with Crippen LogP contribution in [-0.4, -0.2) is 25.4 Å². The maximum atomic E-state index is 11.5. The Morgan fingerprint density at radius 3 is 2.35 bits per heavy atom. The predicted octanol–water partition coefficient (Wildman–Crippen LogP) is 0.580. The topological polar surface area (TPSA) is 84.2 Å². The van der Waals surface area contributed by atoms with Gasteiger partial charge in [-0.05, 0) is 24.3 Å². The second-order valence-corrected chi connectivity index (χ2v) is 3.78. The zero-order chi connectivity index (χ0) is 12.8. The molecule has 0 aliphatic heterocycles. The van der Waals surface area contributed by atoms with E-state index in [1.54, 1.807) is 38.2 Å². The van der Waals surface area contributed by atoms with Crippen molar-refractivity contribution in [2.75, 3.05) is 18.9 Å². The highest BCUT2D eigenvalue weighted by Crippen LogP contribution is 2.10. The molecule has 5 heteroatoms. The van der Waals surface area contributed by atoms with E-state index in [1.165, 1.54) is 0 Å². The fraction of sp³-hybridized carbons (Fsp3) is 0.333. The molecule has 0 saturated carbocycles. The highest BCUT2D eigenvalue weighted by molar-refractivity contribution is 5.96. The van der Waals surface area contributed by atoms with Gasteiger partial charge in [-0.3, -0.25) is 9.59 Å². The van der Waals surface area contributed by atoms with Crippen molar-refractivity contribution in [1.29, 1.82) is 0 Å². The molecule has 0 aliphatic rings. The summed E-state index contributed by atoms with van der Waals surface area (Å²) in [6.45, 7) is 2.07. The zero-order valence-electron chi connectivity index (χ0n) is 9.99. The maximum Gasteiger partial charge on any atom is 0.251 e. The van der Waals surface area contributed by atoms with Gasteiger partial charge in [-0.25, -0.2) is 0 Å². The Hall–Kier alpha value is -1.88. The van der Waals surface area contributed by atoms with E-state index in [9.17, 15) is 9.59 Å². The molecule has 0 bridgehead atoms. The summed E-state index contributed by atoms with van der Waals surface area (Å²) in [6.07, 6.45) is 0. The van der Waals surface area contributed by atoms with Crippen LogP contribution in [-0.2, 0) is 4.79 Å². The summed E-state index contributed by atoms with van der Waals surface area (Å²) in [5.74, 6) is -0.507. The quantitative estimate of drug-likeness (QED) is 0.713. The lowest BCUT2D eigenvalue weighted by molar-refractivity contribution is -0.119. The van der Waals surface area contributed by atoms with E-state index in [-0.39, 0.29) is 17.7 Å². The van der Waals surface area contributed by atoms with Crippen molar-refractivity contribution in [3.63, 3.8) is 0 Å². The molecule has 5 nitrogen and oxygen atoms in total. The summed E-state index contributed by atoms with van der Waals surface area (Å²) in [6, 6.07) is 6.68. The van der Waals surface area contributed by atoms with E-state index in [2.05, 4.69) is 10.6 Å². The van der Waals surface area contributed by atoms with E-state index in [0.29, 0.717) is 17.8 Å². The molecular formula is C12H17N3O2. The molecule has 1 aromatic carbocycles. The van der Waals surface area contributed by atoms with Gasteiger partial charge in [-0.2, -0.15) is 0 Å². The lowest BCUT2D eigenvalue weighted by Crippen LogP contribution is -2.26. The van der Waals surface area contributed by atoms with Gasteiger partial charge >= 0.3 is 0 Å². The van der Waals surface area contributed by atoms with Gasteiger partial charge in [-0.1, -0.05) is 6.92 Å². The standard InChI is InChI=1S/C12H17N3O2/c1-8(7-13)11(16)15-10-5-3-9(4-6-10)12(17)14-2/h3-6,8H,7,13H2,1-2H3,(H,14,17)(H,15,16). The smallest absolute Gasteiger partial charge is 0.251 e. The van der Waals surface area contributed by atoms with E-state index in [4.69, 9.17) is 5.73 Å². The van der Waals surface area contributed by atoms with Gasteiger partial charge in [0.15, 0.2) is 0 Å². The Balaban J connectivity index is 2.69. The second kappa shape index (κ2) is 6.00. The van der Waals surface area contributed by atoms with E-state index >= 15 is 0 Å². The second-order valence-electron chi connectivity index (χ2n) is 3.78. The van der Waals surface area contributed by atoms with Gasteiger partial charge in [0, 0.05) is 30.8 Å². The van der Waals surface area contributed by atoms with Crippen LogP contribution < -0.4 is 16.4 Å².